The lowest BCUT2D eigenvalue weighted by molar-refractivity contribution is -0.149. The summed E-state index contributed by atoms with van der Waals surface area (Å²) < 4.78 is 75.4. The summed E-state index contributed by atoms with van der Waals surface area (Å²) in [6, 6.07) is 5.60. The van der Waals surface area contributed by atoms with Gasteiger partial charge in [0.05, 0.1) is 30.5 Å². The van der Waals surface area contributed by atoms with Crippen molar-refractivity contribution in [3.05, 3.63) is 75.2 Å². The highest BCUT2D eigenvalue weighted by molar-refractivity contribution is 7.92. The fourth-order valence-corrected chi connectivity index (χ4v) is 5.90. The van der Waals surface area contributed by atoms with E-state index < -0.39 is 40.2 Å². The number of hydrogen-bond acceptors (Lipinski definition) is 8. The smallest absolute Gasteiger partial charge is 0.377 e. The number of H-pyrrole nitrogens is 1. The predicted molar refractivity (Wildman–Crippen MR) is 136 cm³/mol. The quantitative estimate of drug-likeness (QED) is 0.508. The van der Waals surface area contributed by atoms with E-state index >= 15 is 0 Å². The van der Waals surface area contributed by atoms with Gasteiger partial charge in [-0.1, -0.05) is 17.7 Å². The maximum atomic E-state index is 14.0. The Morgan fingerprint density at radius 2 is 1.82 bits per heavy atom. The minimum absolute atomic E-state index is 0.116. The number of fused-ring (bicyclic) bond motifs is 1. The molecular weight excluding hydrogens is 541 g/mol. The van der Waals surface area contributed by atoms with Crippen molar-refractivity contribution in [1.82, 2.24) is 19.5 Å². The number of halogens is 3. The summed E-state index contributed by atoms with van der Waals surface area (Å²) in [7, 11) is -4.65. The monoisotopic (exact) mass is 568 g/mol. The molecule has 2 aromatic heterocycles. The number of nitrogens with zero attached hydrogens (tertiary/aromatic N) is 5. The Labute approximate surface area is 221 Å². The van der Waals surface area contributed by atoms with Crippen LogP contribution in [0.3, 0.4) is 0 Å². The van der Waals surface area contributed by atoms with Crippen LogP contribution in [0.15, 0.2) is 63.4 Å². The average Bonchev–Trinajstić information content (AvgIpc) is 2.89. The lowest BCUT2D eigenvalue weighted by atomic mass is 10.1. The van der Waals surface area contributed by atoms with Gasteiger partial charge in [-0.3, -0.25) is 14.2 Å². The van der Waals surface area contributed by atoms with Gasteiger partial charge in [-0.25, -0.2) is 17.7 Å². The third-order valence-electron chi connectivity index (χ3n) is 6.29. The third-order valence-corrected chi connectivity index (χ3v) is 8.10. The van der Waals surface area contributed by atoms with E-state index in [1.807, 2.05) is 6.92 Å². The van der Waals surface area contributed by atoms with Crippen LogP contribution in [0.25, 0.3) is 0 Å². The third kappa shape index (κ3) is 6.14. The molecule has 1 aromatic carbocycles. The van der Waals surface area contributed by atoms with Gasteiger partial charge in [-0.05, 0) is 32.4 Å². The Morgan fingerprint density at radius 3 is 2.38 bits per heavy atom. The summed E-state index contributed by atoms with van der Waals surface area (Å²) >= 11 is 0. The molecule has 4 heterocycles. The maximum Gasteiger partial charge on any atom is 0.410 e. The molecular formula is C24H27F3N6O5S. The van der Waals surface area contributed by atoms with Crippen molar-refractivity contribution < 1.29 is 26.3 Å². The molecule has 1 fully saturated rings. The van der Waals surface area contributed by atoms with Crippen LogP contribution in [0, 0.1) is 6.92 Å². The normalized spacial score (nSPS) is 19.6. The summed E-state index contributed by atoms with van der Waals surface area (Å²) in [5.41, 5.74) is 0.0386. The number of ether oxygens (including phenoxy) is 1. The molecule has 0 saturated carbocycles. The van der Waals surface area contributed by atoms with E-state index in [0.29, 0.717) is 19.8 Å². The van der Waals surface area contributed by atoms with Crippen molar-refractivity contribution in [3.8, 4) is 0 Å². The Morgan fingerprint density at radius 1 is 1.10 bits per heavy atom. The van der Waals surface area contributed by atoms with Gasteiger partial charge in [0.2, 0.25) is 5.95 Å². The van der Waals surface area contributed by atoms with Gasteiger partial charge in [-0.2, -0.15) is 18.2 Å². The molecule has 0 aliphatic carbocycles. The van der Waals surface area contributed by atoms with E-state index in [-0.39, 0.29) is 33.2 Å². The SMILES string of the molecule is Cc1ccc(S(=O)(=O)N2c3nc(N4CCOC[C@H]4C)cc(=O)n3CC[C@H]2C(F)(F)F)cc1.O=c1ccnc[nH]1. The fourth-order valence-electron chi connectivity index (χ4n) is 4.28. The number of hydrogen-bond donors (Lipinski definition) is 1. The second-order valence-corrected chi connectivity index (χ2v) is 10.9. The molecule has 0 spiro atoms. The van der Waals surface area contributed by atoms with Crippen molar-refractivity contribution >= 4 is 21.8 Å². The van der Waals surface area contributed by atoms with Crippen LogP contribution in [0.2, 0.25) is 0 Å². The number of benzene rings is 1. The first-order valence-electron chi connectivity index (χ1n) is 12.0. The molecule has 5 rings (SSSR count). The van der Waals surface area contributed by atoms with Gasteiger partial charge in [0.25, 0.3) is 21.1 Å². The Balaban J connectivity index is 0.000000438. The first kappa shape index (κ1) is 28.3. The molecule has 0 bridgehead atoms. The average molecular weight is 569 g/mol. The van der Waals surface area contributed by atoms with Gasteiger partial charge in [0.1, 0.15) is 11.9 Å². The van der Waals surface area contributed by atoms with E-state index in [4.69, 9.17) is 4.74 Å². The van der Waals surface area contributed by atoms with Crippen LogP contribution in [0.1, 0.15) is 18.9 Å². The standard InChI is InChI=1S/C20H23F3N4O4S.C4H4N2O/c1-13-3-5-15(6-4-13)32(29,30)27-16(20(21,22)23)7-8-26-18(28)11-17(24-19(26)27)25-9-10-31-12-14(25)2;7-4-1-2-5-3-6-4/h3-6,11,14,16H,7-10,12H2,1-2H3;1-3H,(H,5,6,7)/t14-,16+;/m1./s1. The van der Waals surface area contributed by atoms with E-state index in [1.165, 1.54) is 48.9 Å². The molecule has 39 heavy (non-hydrogen) atoms. The van der Waals surface area contributed by atoms with Gasteiger partial charge in [0, 0.05) is 31.4 Å². The molecule has 2 aliphatic rings. The number of aromatic nitrogens is 4. The molecule has 1 N–H and O–H groups in total. The maximum absolute atomic E-state index is 14.0. The fraction of sp³-hybridized carbons (Fsp3) is 0.417. The highest BCUT2D eigenvalue weighted by atomic mass is 32.2. The molecule has 3 aromatic rings. The van der Waals surface area contributed by atoms with E-state index in [9.17, 15) is 31.2 Å². The van der Waals surface area contributed by atoms with Crippen LogP contribution in [0.4, 0.5) is 24.9 Å². The summed E-state index contributed by atoms with van der Waals surface area (Å²) in [6.45, 7) is 4.38. The molecule has 0 radical (unpaired) electrons. The molecule has 1 saturated heterocycles. The minimum Gasteiger partial charge on any atom is -0.377 e. The Hall–Kier alpha value is -3.72. The van der Waals surface area contributed by atoms with Crippen molar-refractivity contribution in [3.63, 3.8) is 0 Å². The zero-order valence-electron chi connectivity index (χ0n) is 21.1. The van der Waals surface area contributed by atoms with Crippen LogP contribution in [-0.2, 0) is 21.3 Å². The topological polar surface area (TPSA) is 130 Å². The van der Waals surface area contributed by atoms with Gasteiger partial charge < -0.3 is 14.6 Å². The van der Waals surface area contributed by atoms with Crippen molar-refractivity contribution in [1.29, 1.82) is 0 Å². The van der Waals surface area contributed by atoms with E-state index in [1.54, 1.807) is 11.8 Å². The molecule has 210 valence electrons. The molecule has 2 atom stereocenters. The molecule has 11 nitrogen and oxygen atoms in total. The molecule has 2 aliphatic heterocycles. The highest BCUT2D eigenvalue weighted by Crippen LogP contribution is 2.38. The number of anilines is 2. The highest BCUT2D eigenvalue weighted by Gasteiger charge is 2.51. The van der Waals surface area contributed by atoms with Crippen LogP contribution in [-0.4, -0.2) is 66.0 Å². The lowest BCUT2D eigenvalue weighted by Crippen LogP contribution is -2.55. The van der Waals surface area contributed by atoms with Gasteiger partial charge in [0.15, 0.2) is 0 Å². The van der Waals surface area contributed by atoms with Crippen LogP contribution >= 0.6 is 0 Å². The van der Waals surface area contributed by atoms with Crippen LogP contribution in [0.5, 0.6) is 0 Å². The zero-order chi connectivity index (χ0) is 28.4. The Kier molecular flexibility index (Phi) is 8.11. The zero-order valence-corrected chi connectivity index (χ0v) is 21.9. The number of aryl methyl sites for hydroxylation is 1. The second-order valence-electron chi connectivity index (χ2n) is 9.08. The number of rotatable bonds is 3. The number of alkyl halides is 3. The first-order valence-corrected chi connectivity index (χ1v) is 13.5. The lowest BCUT2D eigenvalue weighted by Gasteiger charge is -2.39. The first-order chi connectivity index (χ1) is 18.4. The Bertz CT molecular complexity index is 1510. The largest absolute Gasteiger partial charge is 0.410 e. The van der Waals surface area contributed by atoms with Crippen molar-refractivity contribution in [2.24, 2.45) is 0 Å². The molecule has 0 amide bonds. The van der Waals surface area contributed by atoms with Gasteiger partial charge in [-0.15, -0.1) is 0 Å². The molecule has 15 heteroatoms. The summed E-state index contributed by atoms with van der Waals surface area (Å²) in [4.78, 5) is 34.7. The van der Waals surface area contributed by atoms with Crippen LogP contribution < -0.4 is 20.3 Å². The number of sulfonamides is 1. The second kappa shape index (κ2) is 11.2. The predicted octanol–water partition coefficient (Wildman–Crippen LogP) is 2.08. The number of morpholine rings is 1. The van der Waals surface area contributed by atoms with E-state index in [0.717, 1.165) is 10.1 Å². The summed E-state index contributed by atoms with van der Waals surface area (Å²) in [6.07, 6.45) is -2.64. The van der Waals surface area contributed by atoms with Gasteiger partial charge >= 0.3 is 6.18 Å². The van der Waals surface area contributed by atoms with Crippen molar-refractivity contribution in [2.75, 3.05) is 29.0 Å². The molecule has 0 unspecified atom stereocenters. The number of nitrogens with one attached hydrogen (secondary N) is 1. The summed E-state index contributed by atoms with van der Waals surface area (Å²) in [5, 5.41) is 0. The number of aromatic amines is 1. The van der Waals surface area contributed by atoms with E-state index in [2.05, 4.69) is 15.0 Å². The summed E-state index contributed by atoms with van der Waals surface area (Å²) in [5.74, 6) is -0.399. The van der Waals surface area contributed by atoms with Crippen molar-refractivity contribution in [2.45, 2.75) is 50.0 Å². The minimum atomic E-state index is -4.84.